The standard InChI is InChI=1S/C13H6Cl2FNS/c14-10-6-8(3-4-11(10)16)13(15)9(7-17)12-2-1-5-18-12/h1-6H/b13-9+. The van der Waals surface area contributed by atoms with Crippen LogP contribution in [0.1, 0.15) is 10.4 Å². The Morgan fingerprint density at radius 3 is 2.67 bits per heavy atom. The summed E-state index contributed by atoms with van der Waals surface area (Å²) in [5, 5.41) is 11.3. The number of nitriles is 1. The highest BCUT2D eigenvalue weighted by Crippen LogP contribution is 2.33. The molecule has 1 heterocycles. The lowest BCUT2D eigenvalue weighted by Gasteiger charge is -2.03. The second-order valence-corrected chi connectivity index (χ2v) is 5.14. The lowest BCUT2D eigenvalue weighted by molar-refractivity contribution is 0.628. The second-order valence-electron chi connectivity index (χ2n) is 3.41. The van der Waals surface area contributed by atoms with E-state index in [9.17, 15) is 4.39 Å². The van der Waals surface area contributed by atoms with Crippen molar-refractivity contribution in [2.24, 2.45) is 0 Å². The number of nitrogens with zero attached hydrogens (tertiary/aromatic N) is 1. The zero-order valence-corrected chi connectivity index (χ0v) is 11.3. The van der Waals surface area contributed by atoms with Crippen LogP contribution in [0.3, 0.4) is 0 Å². The van der Waals surface area contributed by atoms with Gasteiger partial charge >= 0.3 is 0 Å². The molecule has 0 aliphatic heterocycles. The Hall–Kier alpha value is -1.34. The summed E-state index contributed by atoms with van der Waals surface area (Å²) in [5.41, 5.74) is 0.877. The van der Waals surface area contributed by atoms with E-state index < -0.39 is 5.82 Å². The Kier molecular flexibility index (Phi) is 4.03. The highest BCUT2D eigenvalue weighted by Gasteiger charge is 2.11. The molecule has 0 saturated heterocycles. The molecule has 2 aromatic rings. The fourth-order valence-corrected chi connectivity index (χ4v) is 2.63. The summed E-state index contributed by atoms with van der Waals surface area (Å²) in [6, 6.07) is 9.82. The maximum absolute atomic E-state index is 13.1. The molecular formula is C13H6Cl2FNS. The molecule has 0 radical (unpaired) electrons. The molecule has 1 aromatic carbocycles. The van der Waals surface area contributed by atoms with Gasteiger partial charge in [0.15, 0.2) is 0 Å². The first-order valence-corrected chi connectivity index (χ1v) is 6.56. The lowest BCUT2D eigenvalue weighted by atomic mass is 10.1. The minimum absolute atomic E-state index is 0.0193. The number of hydrogen-bond acceptors (Lipinski definition) is 2. The molecule has 5 heteroatoms. The zero-order chi connectivity index (χ0) is 13.1. The molecule has 0 spiro atoms. The SMILES string of the molecule is N#C/C(=C(\Cl)c1ccc(F)c(Cl)c1)c1cccs1. The van der Waals surface area contributed by atoms with Crippen LogP contribution in [0.4, 0.5) is 4.39 Å². The van der Waals surface area contributed by atoms with Crippen molar-refractivity contribution < 1.29 is 4.39 Å². The van der Waals surface area contributed by atoms with Crippen LogP contribution in [0, 0.1) is 17.1 Å². The average molecular weight is 298 g/mol. The topological polar surface area (TPSA) is 23.8 Å². The van der Waals surface area contributed by atoms with Crippen LogP contribution in [0.2, 0.25) is 5.02 Å². The van der Waals surface area contributed by atoms with Crippen molar-refractivity contribution in [1.29, 1.82) is 5.26 Å². The van der Waals surface area contributed by atoms with Crippen LogP contribution in [0.25, 0.3) is 10.6 Å². The van der Waals surface area contributed by atoms with Gasteiger partial charge in [-0.25, -0.2) is 4.39 Å². The first-order valence-electron chi connectivity index (χ1n) is 4.92. The van der Waals surface area contributed by atoms with Gasteiger partial charge < -0.3 is 0 Å². The molecule has 18 heavy (non-hydrogen) atoms. The number of thiophene rings is 1. The summed E-state index contributed by atoms with van der Waals surface area (Å²) in [6.45, 7) is 0. The number of allylic oxidation sites excluding steroid dienone is 1. The van der Waals surface area contributed by atoms with Gasteiger partial charge in [0.05, 0.1) is 15.6 Å². The van der Waals surface area contributed by atoms with E-state index in [0.717, 1.165) is 4.88 Å². The van der Waals surface area contributed by atoms with Crippen molar-refractivity contribution in [2.45, 2.75) is 0 Å². The molecule has 0 atom stereocenters. The minimum Gasteiger partial charge on any atom is -0.205 e. The van der Waals surface area contributed by atoms with Gasteiger partial charge in [0, 0.05) is 4.88 Å². The Morgan fingerprint density at radius 2 is 2.11 bits per heavy atom. The molecule has 1 nitrogen and oxygen atoms in total. The molecule has 0 amide bonds. The molecular weight excluding hydrogens is 292 g/mol. The number of rotatable bonds is 2. The number of hydrogen-bond donors (Lipinski definition) is 0. The van der Waals surface area contributed by atoms with Gasteiger partial charge in [-0.1, -0.05) is 35.3 Å². The van der Waals surface area contributed by atoms with Crippen LogP contribution in [-0.4, -0.2) is 0 Å². The molecule has 0 unspecified atom stereocenters. The van der Waals surface area contributed by atoms with Crippen molar-refractivity contribution >= 4 is 45.1 Å². The van der Waals surface area contributed by atoms with Crippen LogP contribution in [0.15, 0.2) is 35.7 Å². The van der Waals surface area contributed by atoms with Crippen LogP contribution < -0.4 is 0 Å². The van der Waals surface area contributed by atoms with Gasteiger partial charge in [-0.15, -0.1) is 11.3 Å². The van der Waals surface area contributed by atoms with Gasteiger partial charge in [0.2, 0.25) is 0 Å². The molecule has 0 N–H and O–H groups in total. The predicted octanol–water partition coefficient (Wildman–Crippen LogP) is 5.17. The van der Waals surface area contributed by atoms with E-state index in [1.807, 2.05) is 11.4 Å². The van der Waals surface area contributed by atoms with Crippen molar-refractivity contribution in [2.75, 3.05) is 0 Å². The maximum Gasteiger partial charge on any atom is 0.141 e. The summed E-state index contributed by atoms with van der Waals surface area (Å²) in [6.07, 6.45) is 0. The van der Waals surface area contributed by atoms with Crippen molar-refractivity contribution in [3.05, 3.63) is 57.0 Å². The Bertz CT molecular complexity index is 642. The van der Waals surface area contributed by atoms with E-state index in [0.29, 0.717) is 11.1 Å². The fourth-order valence-electron chi connectivity index (χ4n) is 1.41. The Balaban J connectivity index is 2.54. The zero-order valence-electron chi connectivity index (χ0n) is 8.95. The van der Waals surface area contributed by atoms with Gasteiger partial charge in [-0.05, 0) is 29.1 Å². The third kappa shape index (κ3) is 2.56. The molecule has 2 rings (SSSR count). The third-order valence-electron chi connectivity index (χ3n) is 2.27. The largest absolute Gasteiger partial charge is 0.205 e. The van der Waals surface area contributed by atoms with E-state index in [4.69, 9.17) is 28.5 Å². The van der Waals surface area contributed by atoms with Crippen molar-refractivity contribution in [3.63, 3.8) is 0 Å². The fraction of sp³-hybridized carbons (Fsp3) is 0. The third-order valence-corrected chi connectivity index (χ3v) is 3.86. The van der Waals surface area contributed by atoms with E-state index in [1.54, 1.807) is 6.07 Å². The van der Waals surface area contributed by atoms with Gasteiger partial charge in [-0.2, -0.15) is 5.26 Å². The summed E-state index contributed by atoms with van der Waals surface area (Å²) >= 11 is 13.3. The van der Waals surface area contributed by atoms with Gasteiger partial charge in [0.25, 0.3) is 0 Å². The first-order chi connectivity index (χ1) is 8.63. The molecule has 1 aromatic heterocycles. The molecule has 0 fully saturated rings. The van der Waals surface area contributed by atoms with Crippen molar-refractivity contribution in [3.8, 4) is 6.07 Å². The normalized spacial score (nSPS) is 11.9. The molecule has 0 bridgehead atoms. The number of benzene rings is 1. The highest BCUT2D eigenvalue weighted by molar-refractivity contribution is 7.11. The summed E-state index contributed by atoms with van der Waals surface area (Å²) in [5.74, 6) is -0.514. The van der Waals surface area contributed by atoms with Gasteiger partial charge in [-0.3, -0.25) is 0 Å². The molecule has 0 saturated carbocycles. The summed E-state index contributed by atoms with van der Waals surface area (Å²) in [7, 11) is 0. The summed E-state index contributed by atoms with van der Waals surface area (Å²) in [4.78, 5) is 0.767. The highest BCUT2D eigenvalue weighted by atomic mass is 35.5. The Labute approximate surface area is 118 Å². The quantitative estimate of drug-likeness (QED) is 0.701. The minimum atomic E-state index is -0.514. The van der Waals surface area contributed by atoms with E-state index in [2.05, 4.69) is 6.07 Å². The smallest absolute Gasteiger partial charge is 0.141 e. The summed E-state index contributed by atoms with van der Waals surface area (Å²) < 4.78 is 13.1. The Morgan fingerprint density at radius 1 is 1.33 bits per heavy atom. The van der Waals surface area contributed by atoms with E-state index >= 15 is 0 Å². The molecule has 0 aliphatic rings. The average Bonchev–Trinajstić information content (AvgIpc) is 2.87. The first kappa shape index (κ1) is 13.1. The lowest BCUT2D eigenvalue weighted by Crippen LogP contribution is -1.85. The molecule has 0 aliphatic carbocycles. The van der Waals surface area contributed by atoms with Crippen LogP contribution in [-0.2, 0) is 0 Å². The second kappa shape index (κ2) is 5.53. The molecule has 90 valence electrons. The van der Waals surface area contributed by atoms with E-state index in [-0.39, 0.29) is 10.1 Å². The van der Waals surface area contributed by atoms with Crippen molar-refractivity contribution in [1.82, 2.24) is 0 Å². The number of halogens is 3. The van der Waals surface area contributed by atoms with Crippen LogP contribution >= 0.6 is 34.5 Å². The predicted molar refractivity (Wildman–Crippen MR) is 74.0 cm³/mol. The van der Waals surface area contributed by atoms with Crippen LogP contribution in [0.5, 0.6) is 0 Å². The van der Waals surface area contributed by atoms with E-state index in [1.165, 1.54) is 29.5 Å². The maximum atomic E-state index is 13.1. The monoisotopic (exact) mass is 297 g/mol. The van der Waals surface area contributed by atoms with Gasteiger partial charge in [0.1, 0.15) is 11.9 Å².